The van der Waals surface area contributed by atoms with Crippen molar-refractivity contribution in [3.63, 3.8) is 0 Å². The third-order valence-corrected chi connectivity index (χ3v) is 12.9. The van der Waals surface area contributed by atoms with Gasteiger partial charge in [-0.1, -0.05) is 42.0 Å². The minimum atomic E-state index is -1.84. The smallest absolute Gasteiger partial charge is 0.341 e. The number of hydrogen-bond donors (Lipinski definition) is 4. The lowest BCUT2D eigenvalue weighted by Gasteiger charge is -2.25. The number of halogens is 1. The molecule has 3 fully saturated rings. The highest BCUT2D eigenvalue weighted by Crippen LogP contribution is 2.15. The minimum Gasteiger partial charge on any atom is -0.467 e. The van der Waals surface area contributed by atoms with Crippen molar-refractivity contribution in [3.05, 3.63) is 140 Å². The summed E-state index contributed by atoms with van der Waals surface area (Å²) >= 11 is 2.11. The van der Waals surface area contributed by atoms with Gasteiger partial charge >= 0.3 is 11.9 Å². The molecular formula is C58H71IN6O11. The molecule has 76 heavy (non-hydrogen) atoms. The van der Waals surface area contributed by atoms with Crippen LogP contribution in [0.1, 0.15) is 88.1 Å². The zero-order chi connectivity index (χ0) is 55.4. The molecule has 2 atom stereocenters. The van der Waals surface area contributed by atoms with Crippen molar-refractivity contribution >= 4 is 58.2 Å². The number of esters is 2. The van der Waals surface area contributed by atoms with E-state index in [0.29, 0.717) is 5.56 Å². The molecule has 17 nitrogen and oxygen atoms in total. The van der Waals surface area contributed by atoms with E-state index in [1.54, 1.807) is 48.5 Å². The van der Waals surface area contributed by atoms with Crippen LogP contribution in [-0.2, 0) is 56.0 Å². The molecule has 3 aliphatic rings. The lowest BCUT2D eigenvalue weighted by atomic mass is 10.0. The molecule has 3 aliphatic heterocycles. The molecule has 3 heterocycles. The fraction of sp³-hybridized carbons (Fsp3) is 0.414. The van der Waals surface area contributed by atoms with Crippen LogP contribution in [-0.4, -0.2) is 151 Å². The maximum atomic E-state index is 12.6. The lowest BCUT2D eigenvalue weighted by molar-refractivity contribution is -0.153. The molecule has 4 amide bonds. The largest absolute Gasteiger partial charge is 0.467 e. The SMILES string of the molecule is C#Cc1ccc(CN2CCCOCC2)cc1.C1CCOC1.CNC(=O)C(C)(NC(=O)c1ccc(C#Cc2ccc(CN3CCCOCC3)cc2)cc1)C(=O)OC.CNC(=O)C(C)(NC(=O)c1ccc(I)cc1)C(=O)OC. The van der Waals surface area contributed by atoms with Gasteiger partial charge in [-0.15, -0.1) is 6.42 Å². The zero-order valence-corrected chi connectivity index (χ0v) is 46.5. The highest BCUT2D eigenvalue weighted by Gasteiger charge is 2.44. The Morgan fingerprint density at radius 2 is 0.895 bits per heavy atom. The van der Waals surface area contributed by atoms with E-state index in [0.717, 1.165) is 126 Å². The van der Waals surface area contributed by atoms with Gasteiger partial charge in [0.05, 0.1) is 27.4 Å². The minimum absolute atomic E-state index is 0.290. The van der Waals surface area contributed by atoms with E-state index in [2.05, 4.69) is 105 Å². The number of methoxy groups -OCH3 is 2. The van der Waals surface area contributed by atoms with Crippen LogP contribution in [0.2, 0.25) is 0 Å². The number of carbonyl (C=O) groups is 6. The summed E-state index contributed by atoms with van der Waals surface area (Å²) in [7, 11) is 5.06. The van der Waals surface area contributed by atoms with E-state index < -0.39 is 46.6 Å². The van der Waals surface area contributed by atoms with E-state index in [1.165, 1.54) is 51.9 Å². The van der Waals surface area contributed by atoms with E-state index in [4.69, 9.17) is 20.6 Å². The molecular weight excluding hydrogens is 1080 g/mol. The summed E-state index contributed by atoms with van der Waals surface area (Å²) in [6.45, 7) is 14.0. The Kier molecular flexibility index (Phi) is 26.6. The van der Waals surface area contributed by atoms with Crippen LogP contribution in [0.3, 0.4) is 0 Å². The number of nitrogens with one attached hydrogen (secondary N) is 4. The predicted octanol–water partition coefficient (Wildman–Crippen LogP) is 5.10. The molecule has 4 aromatic carbocycles. The summed E-state index contributed by atoms with van der Waals surface area (Å²) in [6, 6.07) is 29.8. The predicted molar refractivity (Wildman–Crippen MR) is 298 cm³/mol. The molecule has 2 unspecified atom stereocenters. The number of likely N-dealkylation sites (N-methyl/N-ethyl adjacent to an activating group) is 2. The highest BCUT2D eigenvalue weighted by molar-refractivity contribution is 14.1. The second kappa shape index (κ2) is 32.7. The molecule has 18 heteroatoms. The fourth-order valence-corrected chi connectivity index (χ4v) is 8.06. The van der Waals surface area contributed by atoms with Crippen LogP contribution in [0.25, 0.3) is 0 Å². The van der Waals surface area contributed by atoms with Gasteiger partial charge in [0.15, 0.2) is 0 Å². The maximum absolute atomic E-state index is 12.6. The molecule has 0 aliphatic carbocycles. The molecule has 0 spiro atoms. The van der Waals surface area contributed by atoms with Gasteiger partial charge in [0.1, 0.15) is 0 Å². The van der Waals surface area contributed by atoms with Gasteiger partial charge in [0.2, 0.25) is 11.1 Å². The summed E-state index contributed by atoms with van der Waals surface area (Å²) in [6.07, 6.45) is 10.1. The molecule has 4 aromatic rings. The van der Waals surface area contributed by atoms with E-state index >= 15 is 0 Å². The van der Waals surface area contributed by atoms with Crippen molar-refractivity contribution in [2.24, 2.45) is 0 Å². The molecule has 4 N–H and O–H groups in total. The summed E-state index contributed by atoms with van der Waals surface area (Å²) < 4.78 is 26.1. The van der Waals surface area contributed by atoms with E-state index in [1.807, 2.05) is 24.3 Å². The lowest BCUT2D eigenvalue weighted by Crippen LogP contribution is -2.61. The van der Waals surface area contributed by atoms with Crippen molar-refractivity contribution in [2.45, 2.75) is 63.7 Å². The van der Waals surface area contributed by atoms with Crippen LogP contribution in [0.15, 0.2) is 97.1 Å². The first-order chi connectivity index (χ1) is 36.6. The number of benzene rings is 4. The average Bonchev–Trinajstić information content (AvgIpc) is 3.80. The molecule has 406 valence electrons. The number of ether oxygens (including phenoxy) is 5. The van der Waals surface area contributed by atoms with Gasteiger partial charge in [0.25, 0.3) is 23.6 Å². The number of hydrogen-bond acceptors (Lipinski definition) is 13. The monoisotopic (exact) mass is 1150 g/mol. The summed E-state index contributed by atoms with van der Waals surface area (Å²) in [5.41, 5.74) is 2.16. The number of terminal acetylenes is 1. The zero-order valence-electron chi connectivity index (χ0n) is 44.4. The van der Waals surface area contributed by atoms with Gasteiger partial charge < -0.3 is 45.0 Å². The molecule has 3 saturated heterocycles. The first kappa shape index (κ1) is 61.9. The molecule has 7 rings (SSSR count). The van der Waals surface area contributed by atoms with Crippen molar-refractivity contribution < 1.29 is 52.5 Å². The Balaban J connectivity index is 0.000000255. The summed E-state index contributed by atoms with van der Waals surface area (Å²) in [5.74, 6) is 4.73. The average molecular weight is 1160 g/mol. The Labute approximate surface area is 461 Å². The van der Waals surface area contributed by atoms with Crippen LogP contribution in [0.4, 0.5) is 0 Å². The topological polar surface area (TPSA) is 203 Å². The molecule has 0 bridgehead atoms. The Morgan fingerprint density at radius 3 is 1.25 bits per heavy atom. The third-order valence-electron chi connectivity index (χ3n) is 12.2. The number of amides is 4. The van der Waals surface area contributed by atoms with E-state index in [-0.39, 0.29) is 5.56 Å². The second-order valence-corrected chi connectivity index (χ2v) is 19.2. The number of carbonyl (C=O) groups excluding carboxylic acids is 6. The molecule has 0 radical (unpaired) electrons. The highest BCUT2D eigenvalue weighted by atomic mass is 127. The fourth-order valence-electron chi connectivity index (χ4n) is 7.70. The maximum Gasteiger partial charge on any atom is 0.341 e. The summed E-state index contributed by atoms with van der Waals surface area (Å²) in [5, 5.41) is 9.55. The van der Waals surface area contributed by atoms with E-state index in [9.17, 15) is 28.8 Å². The number of rotatable bonds is 12. The first-order valence-corrected chi connectivity index (χ1v) is 26.1. The Morgan fingerprint density at radius 1 is 0.539 bits per heavy atom. The normalized spacial score (nSPS) is 15.9. The Hall–Kier alpha value is -6.65. The summed E-state index contributed by atoms with van der Waals surface area (Å²) in [4.78, 5) is 77.4. The molecule has 0 aromatic heterocycles. The van der Waals surface area contributed by atoms with Gasteiger partial charge in [-0.05, 0) is 146 Å². The van der Waals surface area contributed by atoms with Crippen molar-refractivity contribution in [2.75, 3.05) is 94.1 Å². The van der Waals surface area contributed by atoms with Crippen molar-refractivity contribution in [3.8, 4) is 24.2 Å². The van der Waals surface area contributed by atoms with Crippen molar-refractivity contribution in [1.29, 1.82) is 0 Å². The number of nitrogens with zero attached hydrogens (tertiary/aromatic N) is 2. The van der Waals surface area contributed by atoms with Gasteiger partial charge in [-0.2, -0.15) is 0 Å². The van der Waals surface area contributed by atoms with Crippen LogP contribution >= 0.6 is 22.6 Å². The van der Waals surface area contributed by atoms with Gasteiger partial charge in [-0.3, -0.25) is 29.0 Å². The van der Waals surface area contributed by atoms with Gasteiger partial charge in [-0.25, -0.2) is 9.59 Å². The Bertz CT molecular complexity index is 2550. The van der Waals surface area contributed by atoms with Crippen LogP contribution in [0, 0.1) is 27.8 Å². The quantitative estimate of drug-likeness (QED) is 0.0633. The second-order valence-electron chi connectivity index (χ2n) is 18.0. The van der Waals surface area contributed by atoms with Crippen LogP contribution < -0.4 is 21.3 Å². The third kappa shape index (κ3) is 20.1. The van der Waals surface area contributed by atoms with Crippen LogP contribution in [0.5, 0.6) is 0 Å². The standard InChI is InChI=1S/C27H31N3O5.C14H17NO.C13H15IN2O4.C4H8O/c1-27(25(32)28-2,26(33)34-3)29-24(31)23-13-11-21(12-14-23)6-5-20-7-9-22(10-8-20)19-30-15-4-17-35-18-16-30;1-2-13-4-6-14(7-5-13)12-15-8-3-10-16-11-9-15;1-13(11(18)15-2,12(19)20-3)16-10(17)8-4-6-9(14)7-5-8;1-2-4-5-3-1/h7-14H,4,15-19H2,1-3H3,(H,28,32)(H,29,31);1,4-7H,3,8-12H2;4-7H,1-3H3,(H,15,18)(H,16,17);1-4H2. The first-order valence-electron chi connectivity index (χ1n) is 25.0. The molecule has 0 saturated carbocycles. The van der Waals surface area contributed by atoms with Crippen molar-refractivity contribution in [1.82, 2.24) is 31.1 Å². The van der Waals surface area contributed by atoms with Gasteiger partial charge in [0, 0.05) is 111 Å².